The molecule has 4 aliphatic rings. The van der Waals surface area contributed by atoms with Crippen LogP contribution in [0.25, 0.3) is 0 Å². The van der Waals surface area contributed by atoms with E-state index < -0.39 is 24.0 Å². The monoisotopic (exact) mass is 421 g/mol. The number of nitrogens with one attached hydrogen (secondary N) is 1. The minimum absolute atomic E-state index is 0.263. The minimum atomic E-state index is -1.12. The van der Waals surface area contributed by atoms with E-state index in [2.05, 4.69) is 25.2 Å². The molecule has 1 spiro atoms. The van der Waals surface area contributed by atoms with Gasteiger partial charge in [-0.15, -0.1) is 0 Å². The molecule has 9 atom stereocenters. The van der Waals surface area contributed by atoms with E-state index >= 15 is 0 Å². The van der Waals surface area contributed by atoms with Crippen LogP contribution in [0.2, 0.25) is 0 Å². The number of amides is 1. The SMILES string of the molecule is CCCCCC[C@@H](C)/C=C(C)/C=C/C(=O)N[C@H]1CC2(OC1O)[C@@H]1O[C@@H]1C(O)[C@@H]1O[C@@H]12. The lowest BCUT2D eigenvalue weighted by Gasteiger charge is -2.28. The van der Waals surface area contributed by atoms with Gasteiger partial charge in [-0.05, 0) is 19.3 Å². The molecule has 4 rings (SSSR count). The Balaban J connectivity index is 1.26. The summed E-state index contributed by atoms with van der Waals surface area (Å²) >= 11 is 0. The first-order valence-electron chi connectivity index (χ1n) is 11.4. The molecule has 168 valence electrons. The van der Waals surface area contributed by atoms with Crippen LogP contribution in [-0.4, -0.2) is 64.6 Å². The van der Waals surface area contributed by atoms with Gasteiger partial charge in [0, 0.05) is 12.5 Å². The molecule has 0 bridgehead atoms. The van der Waals surface area contributed by atoms with Crippen LogP contribution in [0.15, 0.2) is 23.8 Å². The van der Waals surface area contributed by atoms with E-state index in [1.165, 1.54) is 31.8 Å². The largest absolute Gasteiger partial charge is 0.387 e. The number of hydrogen-bond acceptors (Lipinski definition) is 6. The Morgan fingerprint density at radius 3 is 2.53 bits per heavy atom. The number of aliphatic hydroxyl groups is 2. The van der Waals surface area contributed by atoms with Gasteiger partial charge in [-0.1, -0.05) is 57.3 Å². The van der Waals surface area contributed by atoms with Crippen molar-refractivity contribution in [1.29, 1.82) is 0 Å². The molecule has 30 heavy (non-hydrogen) atoms. The average molecular weight is 422 g/mol. The number of fused-ring (bicyclic) bond motifs is 4. The summed E-state index contributed by atoms with van der Waals surface area (Å²) in [5, 5.41) is 23.3. The van der Waals surface area contributed by atoms with Gasteiger partial charge in [0.05, 0.1) is 6.04 Å². The van der Waals surface area contributed by atoms with E-state index in [-0.39, 0.29) is 30.3 Å². The molecule has 3 aliphatic heterocycles. The van der Waals surface area contributed by atoms with Crippen molar-refractivity contribution in [2.24, 2.45) is 5.92 Å². The third-order valence-electron chi connectivity index (χ3n) is 6.80. The molecule has 3 heterocycles. The first kappa shape index (κ1) is 22.0. The van der Waals surface area contributed by atoms with Crippen LogP contribution in [0.3, 0.4) is 0 Å². The van der Waals surface area contributed by atoms with Crippen LogP contribution in [0.5, 0.6) is 0 Å². The maximum absolute atomic E-state index is 12.4. The van der Waals surface area contributed by atoms with E-state index in [4.69, 9.17) is 14.2 Å². The van der Waals surface area contributed by atoms with Gasteiger partial charge in [0.2, 0.25) is 5.91 Å². The van der Waals surface area contributed by atoms with Gasteiger partial charge < -0.3 is 29.7 Å². The summed E-state index contributed by atoms with van der Waals surface area (Å²) in [4.78, 5) is 12.4. The highest BCUT2D eigenvalue weighted by Gasteiger charge is 2.78. The molecule has 7 nitrogen and oxygen atoms in total. The molecule has 3 N–H and O–H groups in total. The van der Waals surface area contributed by atoms with Crippen molar-refractivity contribution in [1.82, 2.24) is 5.32 Å². The number of hydrogen-bond donors (Lipinski definition) is 3. The van der Waals surface area contributed by atoms with E-state index in [0.717, 1.165) is 12.0 Å². The summed E-state index contributed by atoms with van der Waals surface area (Å²) in [5.74, 6) is 0.222. The summed E-state index contributed by atoms with van der Waals surface area (Å²) in [6.07, 6.45) is 9.20. The number of unbranched alkanes of at least 4 members (excludes halogenated alkanes) is 3. The lowest BCUT2D eigenvalue weighted by molar-refractivity contribution is -0.160. The highest BCUT2D eigenvalue weighted by molar-refractivity contribution is 5.88. The Morgan fingerprint density at radius 1 is 1.17 bits per heavy atom. The smallest absolute Gasteiger partial charge is 0.244 e. The van der Waals surface area contributed by atoms with Crippen molar-refractivity contribution in [2.45, 2.75) is 108 Å². The van der Waals surface area contributed by atoms with E-state index in [1.54, 1.807) is 0 Å². The Labute approximate surface area is 178 Å². The zero-order valence-corrected chi connectivity index (χ0v) is 18.1. The quantitative estimate of drug-likeness (QED) is 0.228. The molecule has 3 unspecified atom stereocenters. The third-order valence-corrected chi connectivity index (χ3v) is 6.80. The zero-order valence-electron chi connectivity index (χ0n) is 18.1. The van der Waals surface area contributed by atoms with Crippen molar-refractivity contribution in [3.63, 3.8) is 0 Å². The maximum atomic E-state index is 12.4. The molecule has 0 aromatic carbocycles. The Bertz CT molecular complexity index is 688. The second-order valence-corrected chi connectivity index (χ2v) is 9.39. The number of carbonyl (C=O) groups is 1. The number of carbonyl (C=O) groups excluding carboxylic acids is 1. The van der Waals surface area contributed by atoms with E-state index in [1.807, 2.05) is 13.0 Å². The normalized spacial score (nSPS) is 42.8. The second-order valence-electron chi connectivity index (χ2n) is 9.39. The Hall–Kier alpha value is -1.25. The zero-order chi connectivity index (χ0) is 21.5. The summed E-state index contributed by atoms with van der Waals surface area (Å²) < 4.78 is 17.0. The van der Waals surface area contributed by atoms with Crippen molar-refractivity contribution in [2.75, 3.05) is 0 Å². The van der Waals surface area contributed by atoms with Crippen LogP contribution >= 0.6 is 0 Å². The van der Waals surface area contributed by atoms with Crippen LogP contribution in [-0.2, 0) is 19.0 Å². The summed E-state index contributed by atoms with van der Waals surface area (Å²) in [6.45, 7) is 6.42. The molecule has 1 saturated carbocycles. The van der Waals surface area contributed by atoms with Crippen LogP contribution in [0.4, 0.5) is 0 Å². The fourth-order valence-electron chi connectivity index (χ4n) is 5.11. The summed E-state index contributed by atoms with van der Waals surface area (Å²) in [7, 11) is 0. The number of ether oxygens (including phenoxy) is 3. The molecule has 4 fully saturated rings. The van der Waals surface area contributed by atoms with Gasteiger partial charge in [0.15, 0.2) is 6.29 Å². The lowest BCUT2D eigenvalue weighted by Crippen LogP contribution is -2.50. The molecule has 1 amide bonds. The van der Waals surface area contributed by atoms with Crippen LogP contribution < -0.4 is 5.32 Å². The first-order chi connectivity index (χ1) is 14.4. The van der Waals surface area contributed by atoms with Crippen LogP contribution in [0, 0.1) is 5.92 Å². The molecule has 7 heteroatoms. The van der Waals surface area contributed by atoms with Crippen molar-refractivity contribution in [3.8, 4) is 0 Å². The second kappa shape index (κ2) is 8.71. The summed E-state index contributed by atoms with van der Waals surface area (Å²) in [6, 6.07) is -0.533. The molecule has 0 radical (unpaired) electrons. The van der Waals surface area contributed by atoms with Crippen LogP contribution in [0.1, 0.15) is 59.3 Å². The van der Waals surface area contributed by atoms with Crippen molar-refractivity contribution < 1.29 is 29.2 Å². The predicted octanol–water partition coefficient (Wildman–Crippen LogP) is 1.97. The predicted molar refractivity (Wildman–Crippen MR) is 111 cm³/mol. The van der Waals surface area contributed by atoms with Gasteiger partial charge >= 0.3 is 0 Å². The highest BCUT2D eigenvalue weighted by atomic mass is 16.7. The molecular formula is C23H35NO6. The summed E-state index contributed by atoms with van der Waals surface area (Å²) in [5.41, 5.74) is 0.274. The third kappa shape index (κ3) is 4.36. The molecule has 0 aromatic rings. The lowest BCUT2D eigenvalue weighted by atomic mass is 9.80. The molecule has 1 aliphatic carbocycles. The number of rotatable bonds is 9. The Kier molecular flexibility index (Phi) is 6.38. The fourth-order valence-corrected chi connectivity index (χ4v) is 5.11. The maximum Gasteiger partial charge on any atom is 0.244 e. The van der Waals surface area contributed by atoms with Gasteiger partial charge in [0.25, 0.3) is 0 Å². The van der Waals surface area contributed by atoms with Gasteiger partial charge in [0.1, 0.15) is 36.1 Å². The fraction of sp³-hybridized carbons (Fsp3) is 0.783. The van der Waals surface area contributed by atoms with Gasteiger partial charge in [-0.2, -0.15) is 0 Å². The Morgan fingerprint density at radius 2 is 1.87 bits per heavy atom. The van der Waals surface area contributed by atoms with E-state index in [0.29, 0.717) is 12.3 Å². The molecular weight excluding hydrogens is 386 g/mol. The standard InChI is InChI=1S/C23H35NO6/c1-4-5-6-7-8-13(2)11-14(3)9-10-16(25)24-15-12-23(30-22(15)27)20-18(28-20)17(26)19-21(23)29-19/h9-11,13,15,17-22,26-27H,4-8,12H2,1-3H3,(H,24,25)/b10-9+,14-11+/t13-,15+,17?,18-,19+,20-,21+,22?,23?/m1/s1. The van der Waals surface area contributed by atoms with Gasteiger partial charge in [-0.25, -0.2) is 0 Å². The minimum Gasteiger partial charge on any atom is -0.387 e. The number of epoxide rings is 2. The number of aliphatic hydroxyl groups excluding tert-OH is 2. The number of allylic oxidation sites excluding steroid dienone is 3. The first-order valence-corrected chi connectivity index (χ1v) is 11.4. The topological polar surface area (TPSA) is 104 Å². The van der Waals surface area contributed by atoms with Gasteiger partial charge in [-0.3, -0.25) is 4.79 Å². The van der Waals surface area contributed by atoms with Crippen molar-refractivity contribution in [3.05, 3.63) is 23.8 Å². The highest BCUT2D eigenvalue weighted by Crippen LogP contribution is 2.58. The average Bonchev–Trinajstić information content (AvgIpc) is 3.60. The van der Waals surface area contributed by atoms with E-state index in [9.17, 15) is 15.0 Å². The molecule has 0 aromatic heterocycles. The van der Waals surface area contributed by atoms with Crippen molar-refractivity contribution >= 4 is 5.91 Å². The molecule has 3 saturated heterocycles.